The highest BCUT2D eigenvalue weighted by Crippen LogP contribution is 2.12. The largest absolute Gasteiger partial charge is 0.481 e. The van der Waals surface area contributed by atoms with E-state index in [0.29, 0.717) is 11.6 Å². The molecule has 0 unspecified atom stereocenters. The number of tetrazole rings is 1. The van der Waals surface area contributed by atoms with Crippen LogP contribution in [0.3, 0.4) is 0 Å². The minimum atomic E-state index is 0.228. The molecule has 2 heterocycles. The predicted molar refractivity (Wildman–Crippen MR) is 62.2 cm³/mol. The Balaban J connectivity index is 2.11. The lowest BCUT2D eigenvalue weighted by molar-refractivity contribution is 0.398. The number of nitrogens with one attached hydrogen (secondary N) is 2. The number of rotatable bonds is 4. The second kappa shape index (κ2) is 5.40. The third-order valence-corrected chi connectivity index (χ3v) is 2.04. The molecule has 2 N–H and O–H groups in total. The molecule has 0 aliphatic heterocycles. The van der Waals surface area contributed by atoms with Crippen LogP contribution in [0.4, 0.5) is 5.69 Å². The summed E-state index contributed by atoms with van der Waals surface area (Å²) in [6, 6.07) is 5.44. The lowest BCUT2D eigenvalue weighted by Gasteiger charge is -2.02. The van der Waals surface area contributed by atoms with E-state index < -0.39 is 0 Å². The van der Waals surface area contributed by atoms with Crippen molar-refractivity contribution in [3.05, 3.63) is 30.4 Å². The number of aromatic amines is 1. The Morgan fingerprint density at radius 2 is 2.44 bits per heavy atom. The first-order valence-electron chi connectivity index (χ1n) is 4.94. The molecule has 0 saturated carbocycles. The zero-order valence-electron chi connectivity index (χ0n) is 9.45. The molecular formula is C10H9N7O. The summed E-state index contributed by atoms with van der Waals surface area (Å²) in [6.45, 7) is 0. The second-order valence-electron chi connectivity index (χ2n) is 3.14. The Morgan fingerprint density at radius 1 is 1.56 bits per heavy atom. The van der Waals surface area contributed by atoms with Crippen LogP contribution < -0.4 is 10.1 Å². The average Bonchev–Trinajstić information content (AvgIpc) is 2.94. The number of hydrogen-bond donors (Lipinski definition) is 2. The van der Waals surface area contributed by atoms with Crippen molar-refractivity contribution in [3.63, 3.8) is 0 Å². The highest BCUT2D eigenvalue weighted by molar-refractivity contribution is 5.73. The van der Waals surface area contributed by atoms with Gasteiger partial charge in [0.25, 0.3) is 0 Å². The van der Waals surface area contributed by atoms with Crippen molar-refractivity contribution in [2.45, 2.75) is 0 Å². The zero-order chi connectivity index (χ0) is 12.8. The van der Waals surface area contributed by atoms with Gasteiger partial charge in [0, 0.05) is 12.3 Å². The number of ether oxygens (including phenoxy) is 1. The van der Waals surface area contributed by atoms with Crippen molar-refractivity contribution in [2.75, 3.05) is 12.4 Å². The summed E-state index contributed by atoms with van der Waals surface area (Å²) >= 11 is 0. The van der Waals surface area contributed by atoms with Crippen molar-refractivity contribution < 1.29 is 4.74 Å². The normalized spacial score (nSPS) is 10.8. The first-order valence-corrected chi connectivity index (χ1v) is 4.94. The summed E-state index contributed by atoms with van der Waals surface area (Å²) in [7, 11) is 1.54. The maximum atomic E-state index is 8.94. The molecule has 0 saturated heterocycles. The number of methoxy groups -OCH3 is 1. The standard InChI is InChI=1S/C10H9N7O/c1-18-9-3-2-8(6-13-9)12-5-7(4-11)10-14-16-17-15-10/h2-3,5-6,12H,1H3,(H,14,15,16,17)/b7-5-. The smallest absolute Gasteiger partial charge is 0.216 e. The maximum Gasteiger partial charge on any atom is 0.216 e. The van der Waals surface area contributed by atoms with Crippen LogP contribution in [-0.2, 0) is 0 Å². The molecule has 18 heavy (non-hydrogen) atoms. The first kappa shape index (κ1) is 11.5. The molecule has 0 amide bonds. The van der Waals surface area contributed by atoms with Crippen molar-refractivity contribution in [1.29, 1.82) is 5.26 Å². The van der Waals surface area contributed by atoms with Gasteiger partial charge in [0.15, 0.2) is 0 Å². The molecule has 0 aromatic carbocycles. The van der Waals surface area contributed by atoms with Crippen LogP contribution in [-0.4, -0.2) is 32.7 Å². The molecule has 8 nitrogen and oxygen atoms in total. The Hall–Kier alpha value is -2.95. The molecule has 8 heteroatoms. The molecule has 2 aromatic heterocycles. The monoisotopic (exact) mass is 243 g/mol. The number of pyridine rings is 1. The van der Waals surface area contributed by atoms with Crippen LogP contribution in [0.25, 0.3) is 5.57 Å². The van der Waals surface area contributed by atoms with Crippen molar-refractivity contribution in [3.8, 4) is 11.9 Å². The van der Waals surface area contributed by atoms with Crippen molar-refractivity contribution in [2.24, 2.45) is 0 Å². The topological polar surface area (TPSA) is 112 Å². The van der Waals surface area contributed by atoms with E-state index in [0.717, 1.165) is 0 Å². The summed E-state index contributed by atoms with van der Waals surface area (Å²) < 4.78 is 4.94. The highest BCUT2D eigenvalue weighted by atomic mass is 16.5. The molecule has 0 spiro atoms. The van der Waals surface area contributed by atoms with Crippen LogP contribution >= 0.6 is 0 Å². The van der Waals surface area contributed by atoms with E-state index in [1.807, 2.05) is 6.07 Å². The molecule has 2 aromatic rings. The number of anilines is 1. The highest BCUT2D eigenvalue weighted by Gasteiger charge is 2.05. The lowest BCUT2D eigenvalue weighted by atomic mass is 10.3. The summed E-state index contributed by atoms with van der Waals surface area (Å²) in [4.78, 5) is 4.02. The van der Waals surface area contributed by atoms with Crippen LogP contribution in [0.2, 0.25) is 0 Å². The Kier molecular flexibility index (Phi) is 3.46. The number of allylic oxidation sites excluding steroid dienone is 1. The fourth-order valence-electron chi connectivity index (χ4n) is 1.16. The maximum absolute atomic E-state index is 8.94. The third kappa shape index (κ3) is 2.59. The van der Waals surface area contributed by atoms with Gasteiger partial charge in [-0.3, -0.25) is 0 Å². The molecule has 90 valence electrons. The minimum absolute atomic E-state index is 0.228. The predicted octanol–water partition coefficient (Wildman–Crippen LogP) is 0.580. The van der Waals surface area contributed by atoms with E-state index in [1.165, 1.54) is 6.20 Å². The first-order chi connectivity index (χ1) is 8.83. The van der Waals surface area contributed by atoms with Gasteiger partial charge in [0.05, 0.1) is 19.0 Å². The van der Waals surface area contributed by atoms with Crippen LogP contribution in [0.5, 0.6) is 5.88 Å². The number of nitriles is 1. The summed E-state index contributed by atoms with van der Waals surface area (Å²) in [5.41, 5.74) is 0.978. The van der Waals surface area contributed by atoms with E-state index in [2.05, 4.69) is 30.9 Å². The molecule has 0 fully saturated rings. The second-order valence-corrected chi connectivity index (χ2v) is 3.14. The van der Waals surface area contributed by atoms with Crippen molar-refractivity contribution in [1.82, 2.24) is 25.6 Å². The van der Waals surface area contributed by atoms with E-state index in [9.17, 15) is 0 Å². The lowest BCUT2D eigenvalue weighted by Crippen LogP contribution is -1.94. The van der Waals surface area contributed by atoms with Gasteiger partial charge < -0.3 is 10.1 Å². The summed E-state index contributed by atoms with van der Waals surface area (Å²) in [5.74, 6) is 0.745. The molecule has 0 aliphatic rings. The molecule has 2 rings (SSSR count). The van der Waals surface area contributed by atoms with Gasteiger partial charge in [0.1, 0.15) is 11.6 Å². The zero-order valence-corrected chi connectivity index (χ0v) is 9.45. The summed E-state index contributed by atoms with van der Waals surface area (Å²) in [6.07, 6.45) is 3.06. The minimum Gasteiger partial charge on any atom is -0.481 e. The number of H-pyrrole nitrogens is 1. The fourth-order valence-corrected chi connectivity index (χ4v) is 1.16. The summed E-state index contributed by atoms with van der Waals surface area (Å²) in [5, 5.41) is 24.9. The number of aromatic nitrogens is 5. The van der Waals surface area contributed by atoms with E-state index >= 15 is 0 Å². The van der Waals surface area contributed by atoms with Crippen LogP contribution in [0, 0.1) is 11.3 Å². The third-order valence-electron chi connectivity index (χ3n) is 2.04. The van der Waals surface area contributed by atoms with Gasteiger partial charge in [-0.2, -0.15) is 10.5 Å². The van der Waals surface area contributed by atoms with Crippen molar-refractivity contribution >= 4 is 11.3 Å². The Morgan fingerprint density at radius 3 is 3.00 bits per heavy atom. The number of nitrogens with zero attached hydrogens (tertiary/aromatic N) is 5. The Labute approximate surface area is 102 Å². The quantitative estimate of drug-likeness (QED) is 0.755. The van der Waals surface area contributed by atoms with Gasteiger partial charge in [-0.25, -0.2) is 4.98 Å². The van der Waals surface area contributed by atoms with Crippen LogP contribution in [0.15, 0.2) is 24.5 Å². The van der Waals surface area contributed by atoms with Gasteiger partial charge in [-0.1, -0.05) is 0 Å². The van der Waals surface area contributed by atoms with E-state index in [1.54, 1.807) is 25.4 Å². The molecular weight excluding hydrogens is 234 g/mol. The van der Waals surface area contributed by atoms with E-state index in [-0.39, 0.29) is 11.4 Å². The number of hydrogen-bond acceptors (Lipinski definition) is 7. The fraction of sp³-hybridized carbons (Fsp3) is 0.100. The average molecular weight is 243 g/mol. The molecule has 0 atom stereocenters. The molecule has 0 radical (unpaired) electrons. The van der Waals surface area contributed by atoms with E-state index in [4.69, 9.17) is 10.00 Å². The van der Waals surface area contributed by atoms with Gasteiger partial charge in [-0.15, -0.1) is 10.2 Å². The van der Waals surface area contributed by atoms with Gasteiger partial charge in [0.2, 0.25) is 11.7 Å². The van der Waals surface area contributed by atoms with Crippen LogP contribution in [0.1, 0.15) is 5.82 Å². The molecule has 0 aliphatic carbocycles. The SMILES string of the molecule is COc1ccc(N/C=C(/C#N)c2nn[nH]n2)cn1. The van der Waals surface area contributed by atoms with Gasteiger partial charge >= 0.3 is 0 Å². The Bertz CT molecular complexity index is 567. The van der Waals surface area contributed by atoms with Gasteiger partial charge in [-0.05, 0) is 11.3 Å². The molecule has 0 bridgehead atoms.